The Labute approximate surface area is 137 Å². The van der Waals surface area contributed by atoms with Crippen molar-refractivity contribution < 1.29 is 0 Å². The fraction of sp³-hybridized carbons (Fsp3) is 0. The average Bonchev–Trinajstić information content (AvgIpc) is 2.48. The van der Waals surface area contributed by atoms with Gasteiger partial charge in [-0.15, -0.1) is 10.2 Å². The van der Waals surface area contributed by atoms with Crippen molar-refractivity contribution >= 4 is 60.0 Å². The van der Waals surface area contributed by atoms with Crippen LogP contribution in [0.1, 0.15) is 0 Å². The highest BCUT2D eigenvalue weighted by Gasteiger charge is 2.05. The van der Waals surface area contributed by atoms with Crippen molar-refractivity contribution in [1.29, 1.82) is 0 Å². The van der Waals surface area contributed by atoms with Crippen molar-refractivity contribution in [2.45, 2.75) is 0 Å². The van der Waals surface area contributed by atoms with Gasteiger partial charge < -0.3 is 5.73 Å². The predicted octanol–water partition coefficient (Wildman–Crippen LogP) is 5.15. The van der Waals surface area contributed by atoms with Crippen molar-refractivity contribution in [2.24, 2.45) is 10.2 Å². The molecule has 2 heterocycles. The van der Waals surface area contributed by atoms with Crippen LogP contribution in [0, 0.1) is 0 Å². The Kier molecular flexibility index (Phi) is 3.94. The van der Waals surface area contributed by atoms with E-state index >= 15 is 0 Å². The van der Waals surface area contributed by atoms with Gasteiger partial charge in [0.05, 0.1) is 9.99 Å². The molecule has 0 amide bonds. The van der Waals surface area contributed by atoms with Gasteiger partial charge >= 0.3 is 0 Å². The maximum absolute atomic E-state index is 5.94. The summed E-state index contributed by atoms with van der Waals surface area (Å²) in [4.78, 5) is 8.51. The zero-order valence-electron chi connectivity index (χ0n) is 10.7. The van der Waals surface area contributed by atoms with E-state index in [0.29, 0.717) is 17.2 Å². The Bertz CT molecular complexity index is 848. The van der Waals surface area contributed by atoms with Crippen LogP contribution in [0.4, 0.5) is 17.2 Å². The molecule has 2 aromatic heterocycles. The van der Waals surface area contributed by atoms with Gasteiger partial charge in [-0.05, 0) is 62.2 Å². The second kappa shape index (κ2) is 5.87. The van der Waals surface area contributed by atoms with Crippen LogP contribution in [0.3, 0.4) is 0 Å². The number of anilines is 1. The lowest BCUT2D eigenvalue weighted by atomic mass is 10.1. The number of aromatic nitrogens is 2. The van der Waals surface area contributed by atoms with Crippen LogP contribution in [0.2, 0.25) is 0 Å². The smallest absolute Gasteiger partial charge is 0.188 e. The molecule has 0 atom stereocenters. The quantitative estimate of drug-likeness (QED) is 0.472. The summed E-state index contributed by atoms with van der Waals surface area (Å²) in [6.07, 6.45) is 3.37. The first kappa shape index (κ1) is 14.1. The molecule has 0 unspecified atom stereocenters. The second-order valence-corrected chi connectivity index (χ2v) is 6.00. The number of benzene rings is 1. The van der Waals surface area contributed by atoms with Crippen LogP contribution >= 0.6 is 31.9 Å². The van der Waals surface area contributed by atoms with Gasteiger partial charge in [0.1, 0.15) is 5.69 Å². The fourth-order valence-corrected chi connectivity index (χ4v) is 2.91. The van der Waals surface area contributed by atoms with E-state index in [4.69, 9.17) is 5.73 Å². The monoisotopic (exact) mass is 405 g/mol. The maximum atomic E-state index is 5.94. The molecule has 0 saturated carbocycles. The molecule has 0 fully saturated rings. The highest BCUT2D eigenvalue weighted by molar-refractivity contribution is 9.11. The Morgan fingerprint density at radius 2 is 1.90 bits per heavy atom. The van der Waals surface area contributed by atoms with Gasteiger partial charge in [0.2, 0.25) is 0 Å². The second-order valence-electron chi connectivity index (χ2n) is 4.23. The maximum Gasteiger partial charge on any atom is 0.188 e. The number of hydrogen-bond donors (Lipinski definition) is 1. The van der Waals surface area contributed by atoms with E-state index in [9.17, 15) is 0 Å². The van der Waals surface area contributed by atoms with Gasteiger partial charge in [0.15, 0.2) is 5.82 Å². The number of rotatable bonds is 2. The molecule has 104 valence electrons. The number of halogens is 2. The van der Waals surface area contributed by atoms with Gasteiger partial charge in [-0.1, -0.05) is 0 Å². The molecule has 0 spiro atoms. The van der Waals surface area contributed by atoms with Crippen molar-refractivity contribution in [3.8, 4) is 0 Å². The first-order valence-corrected chi connectivity index (χ1v) is 7.60. The first-order valence-electron chi connectivity index (χ1n) is 6.01. The average molecular weight is 407 g/mol. The van der Waals surface area contributed by atoms with E-state index in [1.807, 2.05) is 18.2 Å². The lowest BCUT2D eigenvalue weighted by Crippen LogP contribution is -1.88. The Balaban J connectivity index is 2.06. The van der Waals surface area contributed by atoms with Crippen molar-refractivity contribution in [2.75, 3.05) is 5.73 Å². The van der Waals surface area contributed by atoms with Crippen molar-refractivity contribution in [1.82, 2.24) is 9.97 Å². The number of nitrogen functional groups attached to an aromatic ring is 1. The molecule has 5 nitrogen and oxygen atoms in total. The zero-order chi connectivity index (χ0) is 14.8. The van der Waals surface area contributed by atoms with Gasteiger partial charge in [-0.3, -0.25) is 4.98 Å². The lowest BCUT2D eigenvalue weighted by molar-refractivity contribution is 1.14. The molecule has 3 rings (SSSR count). The summed E-state index contributed by atoms with van der Waals surface area (Å²) in [5.74, 6) is 0.499. The van der Waals surface area contributed by atoms with E-state index in [1.165, 1.54) is 0 Å². The molecule has 0 aliphatic heterocycles. The minimum atomic E-state index is 0.499. The minimum absolute atomic E-state index is 0.499. The Morgan fingerprint density at radius 1 is 1.05 bits per heavy atom. The summed E-state index contributed by atoms with van der Waals surface area (Å²) in [6.45, 7) is 0. The van der Waals surface area contributed by atoms with Crippen LogP contribution in [-0.4, -0.2) is 9.97 Å². The van der Waals surface area contributed by atoms with Crippen LogP contribution in [0.5, 0.6) is 0 Å². The molecule has 2 N–H and O–H groups in total. The largest absolute Gasteiger partial charge is 0.398 e. The first-order chi connectivity index (χ1) is 10.1. The van der Waals surface area contributed by atoms with Gasteiger partial charge in [0, 0.05) is 27.9 Å². The number of fused-ring (bicyclic) bond motifs is 1. The van der Waals surface area contributed by atoms with Crippen molar-refractivity contribution in [3.05, 3.63) is 51.7 Å². The Morgan fingerprint density at radius 3 is 2.71 bits per heavy atom. The van der Waals surface area contributed by atoms with E-state index in [-0.39, 0.29) is 0 Å². The van der Waals surface area contributed by atoms with E-state index < -0.39 is 0 Å². The van der Waals surface area contributed by atoms with Crippen LogP contribution in [0.25, 0.3) is 10.9 Å². The van der Waals surface area contributed by atoms with E-state index in [1.54, 1.807) is 24.5 Å². The van der Waals surface area contributed by atoms with Crippen LogP contribution in [0.15, 0.2) is 61.9 Å². The predicted molar refractivity (Wildman–Crippen MR) is 90.0 cm³/mol. The third-order valence-electron chi connectivity index (χ3n) is 2.82. The summed E-state index contributed by atoms with van der Waals surface area (Å²) < 4.78 is 1.63. The highest BCUT2D eigenvalue weighted by Crippen LogP contribution is 2.31. The molecule has 0 aliphatic rings. The number of nitrogens with zero attached hydrogens (tertiary/aromatic N) is 4. The summed E-state index contributed by atoms with van der Waals surface area (Å²) >= 11 is 6.74. The van der Waals surface area contributed by atoms with Gasteiger partial charge in [-0.2, -0.15) is 0 Å². The molecule has 0 saturated heterocycles. The van der Waals surface area contributed by atoms with E-state index in [2.05, 4.69) is 52.1 Å². The molecular weight excluding hydrogens is 398 g/mol. The van der Waals surface area contributed by atoms with Crippen LogP contribution in [-0.2, 0) is 0 Å². The molecule has 0 radical (unpaired) electrons. The van der Waals surface area contributed by atoms with Crippen molar-refractivity contribution in [3.63, 3.8) is 0 Å². The topological polar surface area (TPSA) is 76.5 Å². The zero-order valence-corrected chi connectivity index (χ0v) is 13.8. The molecule has 0 aliphatic carbocycles. The normalized spacial score (nSPS) is 11.3. The van der Waals surface area contributed by atoms with E-state index in [0.717, 1.165) is 19.8 Å². The third-order valence-corrected chi connectivity index (χ3v) is 3.84. The summed E-state index contributed by atoms with van der Waals surface area (Å²) in [6, 6.07) is 9.20. The standard InChI is InChI=1S/C14H9Br2N5/c15-8-6-10(16)14(19-7-8)21-20-12-4-3-11(17)9-2-1-5-18-13(9)12/h1-7H,17H2. The number of azo groups is 1. The lowest BCUT2D eigenvalue weighted by Gasteiger charge is -2.03. The van der Waals surface area contributed by atoms with Gasteiger partial charge in [-0.25, -0.2) is 4.98 Å². The number of pyridine rings is 2. The van der Waals surface area contributed by atoms with Crippen LogP contribution < -0.4 is 5.73 Å². The minimum Gasteiger partial charge on any atom is -0.398 e. The van der Waals surface area contributed by atoms with Gasteiger partial charge in [0.25, 0.3) is 0 Å². The summed E-state index contributed by atoms with van der Waals surface area (Å²) in [7, 11) is 0. The molecule has 1 aromatic carbocycles. The molecule has 21 heavy (non-hydrogen) atoms. The molecule has 3 aromatic rings. The molecule has 0 bridgehead atoms. The fourth-order valence-electron chi connectivity index (χ4n) is 1.84. The number of hydrogen-bond acceptors (Lipinski definition) is 5. The molecular formula is C14H9Br2N5. The summed E-state index contributed by atoms with van der Waals surface area (Å²) in [5, 5.41) is 9.26. The SMILES string of the molecule is Nc1ccc(N=Nc2ncc(Br)cc2Br)c2ncccc12. The highest BCUT2D eigenvalue weighted by atomic mass is 79.9. The third kappa shape index (κ3) is 2.93. The Hall–Kier alpha value is -1.86. The molecule has 7 heteroatoms. The summed E-state index contributed by atoms with van der Waals surface area (Å²) in [5.41, 5.74) is 7.97. The number of nitrogens with two attached hydrogens (primary N) is 1.